The van der Waals surface area contributed by atoms with Gasteiger partial charge in [0.2, 0.25) is 0 Å². The van der Waals surface area contributed by atoms with Crippen LogP contribution in [-0.2, 0) is 15.6 Å². The average molecular weight is 434 g/mol. The van der Waals surface area contributed by atoms with Gasteiger partial charge in [0.05, 0.1) is 25.0 Å². The third-order valence-corrected chi connectivity index (χ3v) is 5.21. The Balaban J connectivity index is 2.15. The summed E-state index contributed by atoms with van der Waals surface area (Å²) in [4.78, 5) is 12.7. The highest BCUT2D eigenvalue weighted by atomic mass is 32.2. The monoisotopic (exact) mass is 433 g/mol. The molecule has 1 unspecified atom stereocenters. The van der Waals surface area contributed by atoms with Crippen molar-refractivity contribution in [1.82, 2.24) is 5.32 Å². The Kier molecular flexibility index (Phi) is 8.72. The van der Waals surface area contributed by atoms with Crippen LogP contribution in [0, 0.1) is 0 Å². The molecule has 2 rings (SSSR count). The number of hydrogen-bond acceptors (Lipinski definition) is 5. The summed E-state index contributed by atoms with van der Waals surface area (Å²) in [6, 6.07) is 12.1. The highest BCUT2D eigenvalue weighted by Gasteiger charge is 2.15. The Hall–Kier alpha value is -2.54. The lowest BCUT2D eigenvalue weighted by Crippen LogP contribution is -2.26. The molecule has 2 aromatic carbocycles. The minimum absolute atomic E-state index is 0.0962. The second-order valence-electron chi connectivity index (χ2n) is 7.37. The molecule has 1 atom stereocenters. The Morgan fingerprint density at radius 3 is 2.30 bits per heavy atom. The van der Waals surface area contributed by atoms with Gasteiger partial charge in [-0.25, -0.2) is 8.42 Å². The van der Waals surface area contributed by atoms with Gasteiger partial charge in [-0.15, -0.1) is 0 Å². The fraction of sp³-hybridized carbons (Fsp3) is 0.435. The third kappa shape index (κ3) is 7.37. The molecule has 0 aliphatic heterocycles. The molecule has 30 heavy (non-hydrogen) atoms. The van der Waals surface area contributed by atoms with Gasteiger partial charge in [0.15, 0.2) is 21.3 Å². The molecule has 0 saturated carbocycles. The van der Waals surface area contributed by atoms with Crippen LogP contribution in [0.2, 0.25) is 0 Å². The minimum Gasteiger partial charge on any atom is -0.490 e. The van der Waals surface area contributed by atoms with E-state index in [4.69, 9.17) is 9.47 Å². The lowest BCUT2D eigenvalue weighted by molar-refractivity contribution is 0.0939. The summed E-state index contributed by atoms with van der Waals surface area (Å²) in [5.41, 5.74) is 1.91. The summed E-state index contributed by atoms with van der Waals surface area (Å²) in [6.45, 7) is 7.17. The lowest BCUT2D eigenvalue weighted by Gasteiger charge is -2.18. The van der Waals surface area contributed by atoms with E-state index in [0.717, 1.165) is 18.4 Å². The maximum atomic E-state index is 12.7. The van der Waals surface area contributed by atoms with Crippen LogP contribution in [0.15, 0.2) is 42.5 Å². The van der Waals surface area contributed by atoms with E-state index >= 15 is 0 Å². The summed E-state index contributed by atoms with van der Waals surface area (Å²) in [7, 11) is -3.17. The number of benzene rings is 2. The van der Waals surface area contributed by atoms with E-state index in [0.29, 0.717) is 35.8 Å². The fourth-order valence-corrected chi connectivity index (χ4v) is 3.70. The highest BCUT2D eigenvalue weighted by molar-refractivity contribution is 7.89. The Morgan fingerprint density at radius 1 is 1.00 bits per heavy atom. The second-order valence-corrected chi connectivity index (χ2v) is 9.51. The summed E-state index contributed by atoms with van der Waals surface area (Å²) < 4.78 is 34.6. The molecular weight excluding hydrogens is 402 g/mol. The first-order chi connectivity index (χ1) is 14.2. The Bertz CT molecular complexity index is 956. The van der Waals surface area contributed by atoms with Gasteiger partial charge in [-0.1, -0.05) is 32.0 Å². The van der Waals surface area contributed by atoms with Crippen LogP contribution >= 0.6 is 0 Å². The van der Waals surface area contributed by atoms with Crippen LogP contribution in [0.3, 0.4) is 0 Å². The van der Waals surface area contributed by atoms with Crippen molar-refractivity contribution < 1.29 is 22.7 Å². The molecule has 0 radical (unpaired) electrons. The molecule has 1 amide bonds. The average Bonchev–Trinajstić information content (AvgIpc) is 2.69. The molecule has 0 saturated heterocycles. The molecule has 0 aliphatic rings. The van der Waals surface area contributed by atoms with Crippen molar-refractivity contribution >= 4 is 15.7 Å². The van der Waals surface area contributed by atoms with Crippen molar-refractivity contribution in [2.75, 3.05) is 19.5 Å². The largest absolute Gasteiger partial charge is 0.490 e. The first-order valence-corrected chi connectivity index (χ1v) is 12.3. The molecule has 0 bridgehead atoms. The van der Waals surface area contributed by atoms with Crippen molar-refractivity contribution in [3.8, 4) is 11.5 Å². The molecular formula is C23H31NO5S. The molecule has 6 nitrogen and oxygen atoms in total. The van der Waals surface area contributed by atoms with Gasteiger partial charge >= 0.3 is 0 Å². The maximum absolute atomic E-state index is 12.7. The number of carbonyl (C=O) groups excluding carboxylic acids is 1. The SMILES string of the molecule is CCCOc1ccc(C(C)NC(=O)c2cccc(CS(C)(=O)=O)c2)cc1OCCC. The van der Waals surface area contributed by atoms with E-state index in [1.165, 1.54) is 6.26 Å². The molecule has 1 N–H and O–H groups in total. The maximum Gasteiger partial charge on any atom is 0.251 e. The van der Waals surface area contributed by atoms with Crippen LogP contribution in [0.25, 0.3) is 0 Å². The number of amides is 1. The molecule has 0 spiro atoms. The highest BCUT2D eigenvalue weighted by Crippen LogP contribution is 2.31. The minimum atomic E-state index is -3.17. The second kappa shape index (κ2) is 11.0. The van der Waals surface area contributed by atoms with Gasteiger partial charge in [-0.05, 0) is 55.2 Å². The molecule has 0 aromatic heterocycles. The van der Waals surface area contributed by atoms with Crippen molar-refractivity contribution in [3.63, 3.8) is 0 Å². The third-order valence-electron chi connectivity index (χ3n) is 4.36. The summed E-state index contributed by atoms with van der Waals surface area (Å²) in [5, 5.41) is 2.96. The molecule has 7 heteroatoms. The van der Waals surface area contributed by atoms with E-state index in [9.17, 15) is 13.2 Å². The van der Waals surface area contributed by atoms with Gasteiger partial charge in [0, 0.05) is 11.8 Å². The van der Waals surface area contributed by atoms with Crippen molar-refractivity contribution in [3.05, 3.63) is 59.2 Å². The smallest absolute Gasteiger partial charge is 0.251 e. The number of sulfone groups is 1. The number of hydrogen-bond donors (Lipinski definition) is 1. The molecule has 0 aliphatic carbocycles. The van der Waals surface area contributed by atoms with E-state index in [1.807, 2.05) is 39.0 Å². The van der Waals surface area contributed by atoms with Gasteiger partial charge in [-0.3, -0.25) is 4.79 Å². The van der Waals surface area contributed by atoms with Crippen molar-refractivity contribution in [2.45, 2.75) is 45.4 Å². The first-order valence-electron chi connectivity index (χ1n) is 10.2. The summed E-state index contributed by atoms with van der Waals surface area (Å²) in [6.07, 6.45) is 2.96. The first kappa shape index (κ1) is 23.7. The van der Waals surface area contributed by atoms with Crippen molar-refractivity contribution in [1.29, 1.82) is 0 Å². The lowest BCUT2D eigenvalue weighted by atomic mass is 10.1. The van der Waals surface area contributed by atoms with Crippen LogP contribution in [0.4, 0.5) is 0 Å². The van der Waals surface area contributed by atoms with E-state index in [-0.39, 0.29) is 17.7 Å². The molecule has 164 valence electrons. The topological polar surface area (TPSA) is 81.7 Å². The van der Waals surface area contributed by atoms with Crippen LogP contribution < -0.4 is 14.8 Å². The van der Waals surface area contributed by atoms with E-state index in [1.54, 1.807) is 24.3 Å². The predicted octanol–water partition coefficient (Wildman–Crippen LogP) is 4.30. The molecule has 0 fully saturated rings. The van der Waals surface area contributed by atoms with Gasteiger partial charge in [-0.2, -0.15) is 0 Å². The zero-order chi connectivity index (χ0) is 22.1. The normalized spacial score (nSPS) is 12.3. The van der Waals surface area contributed by atoms with Crippen LogP contribution in [-0.4, -0.2) is 33.8 Å². The van der Waals surface area contributed by atoms with Crippen molar-refractivity contribution in [2.24, 2.45) is 0 Å². The van der Waals surface area contributed by atoms with E-state index in [2.05, 4.69) is 5.32 Å². The van der Waals surface area contributed by atoms with E-state index < -0.39 is 9.84 Å². The zero-order valence-corrected chi connectivity index (χ0v) is 18.9. The fourth-order valence-electron chi connectivity index (χ4n) is 2.92. The van der Waals surface area contributed by atoms with Crippen LogP contribution in [0.1, 0.15) is 61.1 Å². The molecule has 0 heterocycles. The quantitative estimate of drug-likeness (QED) is 0.571. The van der Waals surface area contributed by atoms with Gasteiger partial charge < -0.3 is 14.8 Å². The number of ether oxygens (including phenoxy) is 2. The standard InChI is InChI=1S/C23H31NO5S/c1-5-12-28-21-11-10-19(15-22(21)29-13-6-2)17(3)24-23(25)20-9-7-8-18(14-20)16-30(4,26)27/h7-11,14-15,17H,5-6,12-13,16H2,1-4H3,(H,24,25). The summed E-state index contributed by atoms with van der Waals surface area (Å²) >= 11 is 0. The number of rotatable bonds is 11. The molecule has 2 aromatic rings. The summed E-state index contributed by atoms with van der Waals surface area (Å²) in [5.74, 6) is 1.00. The Morgan fingerprint density at radius 2 is 1.67 bits per heavy atom. The predicted molar refractivity (Wildman–Crippen MR) is 119 cm³/mol. The van der Waals surface area contributed by atoms with Crippen LogP contribution in [0.5, 0.6) is 11.5 Å². The van der Waals surface area contributed by atoms with Gasteiger partial charge in [0.25, 0.3) is 5.91 Å². The number of carbonyl (C=O) groups is 1. The van der Waals surface area contributed by atoms with Gasteiger partial charge in [0.1, 0.15) is 0 Å². The zero-order valence-electron chi connectivity index (χ0n) is 18.1. The number of nitrogens with one attached hydrogen (secondary N) is 1. The Labute approximate surface area is 179 Å².